The van der Waals surface area contributed by atoms with Crippen molar-refractivity contribution in [2.75, 3.05) is 13.2 Å². The molecule has 68 valence electrons. The number of aliphatic hydroxyl groups excluding tert-OH is 1. The van der Waals surface area contributed by atoms with Gasteiger partial charge in [0.15, 0.2) is 0 Å². The van der Waals surface area contributed by atoms with Gasteiger partial charge in [-0.2, -0.15) is 0 Å². The molecule has 4 heteroatoms. The number of carbonyl (C=O) groups is 1. The molecule has 0 aliphatic heterocycles. The van der Waals surface area contributed by atoms with Crippen molar-refractivity contribution >= 4 is 6.09 Å². The largest absolute Gasteiger partial charge is 0.447 e. The van der Waals surface area contributed by atoms with Gasteiger partial charge in [0, 0.05) is 12.5 Å². The first kappa shape index (κ1) is 10.8. The monoisotopic (exact) mass is 171 g/mol. The lowest BCUT2D eigenvalue weighted by molar-refractivity contribution is 0.117. The molecule has 0 aliphatic rings. The molecule has 0 fully saturated rings. The molecule has 0 bridgehead atoms. The van der Waals surface area contributed by atoms with E-state index >= 15 is 0 Å². The first-order valence-corrected chi connectivity index (χ1v) is 3.68. The molecule has 0 heterocycles. The summed E-state index contributed by atoms with van der Waals surface area (Å²) in [7, 11) is 0. The predicted octanol–water partition coefficient (Wildman–Crippen LogP) is 0.117. The number of alkyl carbamates (subject to hydrolysis) is 1. The lowest BCUT2D eigenvalue weighted by Crippen LogP contribution is -2.33. The van der Waals surface area contributed by atoms with Gasteiger partial charge in [0.2, 0.25) is 0 Å². The second-order valence-corrected chi connectivity index (χ2v) is 2.31. The van der Waals surface area contributed by atoms with E-state index in [2.05, 4.69) is 16.0 Å². The molecule has 1 unspecified atom stereocenters. The van der Waals surface area contributed by atoms with Gasteiger partial charge in [0.1, 0.15) is 6.61 Å². The Balaban J connectivity index is 3.48. The SMILES string of the molecule is C#CCC(C)NC(=O)OCCO. The van der Waals surface area contributed by atoms with Crippen LogP contribution in [0.1, 0.15) is 13.3 Å². The van der Waals surface area contributed by atoms with Gasteiger partial charge < -0.3 is 15.2 Å². The van der Waals surface area contributed by atoms with Crippen LogP contribution < -0.4 is 5.32 Å². The van der Waals surface area contributed by atoms with Crippen LogP contribution in [0.15, 0.2) is 0 Å². The molecule has 0 aliphatic carbocycles. The summed E-state index contributed by atoms with van der Waals surface area (Å²) in [6.07, 6.45) is 4.94. The number of nitrogens with one attached hydrogen (secondary N) is 1. The van der Waals surface area contributed by atoms with E-state index in [9.17, 15) is 4.79 Å². The van der Waals surface area contributed by atoms with Crippen molar-refractivity contribution in [3.8, 4) is 12.3 Å². The number of amides is 1. The number of carbonyl (C=O) groups excluding carboxylic acids is 1. The van der Waals surface area contributed by atoms with Crippen LogP contribution in [0.25, 0.3) is 0 Å². The van der Waals surface area contributed by atoms with Gasteiger partial charge in [-0.25, -0.2) is 4.79 Å². The molecule has 1 atom stereocenters. The first-order valence-electron chi connectivity index (χ1n) is 3.68. The average Bonchev–Trinajstić information content (AvgIpc) is 2.01. The van der Waals surface area contributed by atoms with E-state index in [1.165, 1.54) is 0 Å². The van der Waals surface area contributed by atoms with Crippen molar-refractivity contribution in [2.45, 2.75) is 19.4 Å². The van der Waals surface area contributed by atoms with E-state index in [1.807, 2.05) is 0 Å². The molecule has 2 N–H and O–H groups in total. The highest BCUT2D eigenvalue weighted by atomic mass is 16.6. The third-order valence-corrected chi connectivity index (χ3v) is 1.11. The van der Waals surface area contributed by atoms with Crippen molar-refractivity contribution in [2.24, 2.45) is 0 Å². The summed E-state index contributed by atoms with van der Waals surface area (Å²) in [6, 6.07) is -0.0961. The quantitative estimate of drug-likeness (QED) is 0.590. The number of ether oxygens (including phenoxy) is 1. The molecule has 0 aromatic rings. The third kappa shape index (κ3) is 5.57. The van der Waals surface area contributed by atoms with Crippen molar-refractivity contribution in [3.63, 3.8) is 0 Å². The van der Waals surface area contributed by atoms with Crippen LogP contribution in [0, 0.1) is 12.3 Å². The molecule has 0 aromatic carbocycles. The molecular weight excluding hydrogens is 158 g/mol. The standard InChI is InChI=1S/C8H13NO3/c1-3-4-7(2)9-8(11)12-6-5-10/h1,7,10H,4-6H2,2H3,(H,9,11). The Labute approximate surface area is 71.9 Å². The van der Waals surface area contributed by atoms with Gasteiger partial charge in [-0.1, -0.05) is 0 Å². The maximum atomic E-state index is 10.8. The number of terminal acetylenes is 1. The third-order valence-electron chi connectivity index (χ3n) is 1.11. The van der Waals surface area contributed by atoms with Crippen LogP contribution in [0.2, 0.25) is 0 Å². The molecule has 0 radical (unpaired) electrons. The Hall–Kier alpha value is -1.21. The van der Waals surface area contributed by atoms with E-state index in [-0.39, 0.29) is 19.3 Å². The number of aliphatic hydroxyl groups is 1. The Bertz CT molecular complexity index is 174. The smallest absolute Gasteiger partial charge is 0.407 e. The van der Waals surface area contributed by atoms with Gasteiger partial charge in [-0.15, -0.1) is 12.3 Å². The fourth-order valence-electron chi connectivity index (χ4n) is 0.609. The van der Waals surface area contributed by atoms with Crippen LogP contribution in [0.4, 0.5) is 4.79 Å². The van der Waals surface area contributed by atoms with Crippen LogP contribution in [0.5, 0.6) is 0 Å². The minimum absolute atomic E-state index is 0.00854. The van der Waals surface area contributed by atoms with E-state index in [1.54, 1.807) is 6.92 Å². The fraction of sp³-hybridized carbons (Fsp3) is 0.625. The molecule has 4 nitrogen and oxygen atoms in total. The van der Waals surface area contributed by atoms with Crippen molar-refractivity contribution < 1.29 is 14.6 Å². The second kappa shape index (κ2) is 6.50. The average molecular weight is 171 g/mol. The maximum Gasteiger partial charge on any atom is 0.407 e. The zero-order valence-corrected chi connectivity index (χ0v) is 7.04. The summed E-state index contributed by atoms with van der Waals surface area (Å²) < 4.78 is 4.54. The highest BCUT2D eigenvalue weighted by molar-refractivity contribution is 5.67. The van der Waals surface area contributed by atoms with Gasteiger partial charge in [0.25, 0.3) is 0 Å². The van der Waals surface area contributed by atoms with Crippen molar-refractivity contribution in [1.29, 1.82) is 0 Å². The van der Waals surface area contributed by atoms with Gasteiger partial charge in [-0.05, 0) is 6.92 Å². The van der Waals surface area contributed by atoms with Crippen molar-refractivity contribution in [1.82, 2.24) is 5.32 Å². The van der Waals surface area contributed by atoms with Crippen LogP contribution in [-0.2, 0) is 4.74 Å². The van der Waals surface area contributed by atoms with Crippen LogP contribution in [0.3, 0.4) is 0 Å². The molecule has 0 saturated heterocycles. The lowest BCUT2D eigenvalue weighted by atomic mass is 10.2. The van der Waals surface area contributed by atoms with Crippen molar-refractivity contribution in [3.05, 3.63) is 0 Å². The summed E-state index contributed by atoms with van der Waals surface area (Å²) in [5, 5.41) is 10.8. The Morgan fingerprint density at radius 2 is 2.50 bits per heavy atom. The second-order valence-electron chi connectivity index (χ2n) is 2.31. The maximum absolute atomic E-state index is 10.8. The Morgan fingerprint density at radius 3 is 3.00 bits per heavy atom. The molecule has 1 amide bonds. The molecule has 0 saturated carbocycles. The first-order chi connectivity index (χ1) is 5.70. The van der Waals surface area contributed by atoms with Gasteiger partial charge >= 0.3 is 6.09 Å². The lowest BCUT2D eigenvalue weighted by Gasteiger charge is -2.10. The normalized spacial score (nSPS) is 11.4. The van der Waals surface area contributed by atoms with Crippen LogP contribution in [-0.4, -0.2) is 30.5 Å². The highest BCUT2D eigenvalue weighted by Gasteiger charge is 2.05. The summed E-state index contributed by atoms with van der Waals surface area (Å²) in [5.41, 5.74) is 0. The topological polar surface area (TPSA) is 58.6 Å². The van der Waals surface area contributed by atoms with Crippen LogP contribution >= 0.6 is 0 Å². The molecule has 12 heavy (non-hydrogen) atoms. The number of hydrogen-bond donors (Lipinski definition) is 2. The highest BCUT2D eigenvalue weighted by Crippen LogP contribution is 1.88. The zero-order valence-electron chi connectivity index (χ0n) is 7.04. The number of hydrogen-bond acceptors (Lipinski definition) is 3. The van der Waals surface area contributed by atoms with E-state index in [4.69, 9.17) is 11.5 Å². The molecular formula is C8H13NO3. The minimum Gasteiger partial charge on any atom is -0.447 e. The summed E-state index contributed by atoms with van der Waals surface area (Å²) in [6.45, 7) is 1.62. The fourth-order valence-corrected chi connectivity index (χ4v) is 0.609. The van der Waals surface area contributed by atoms with Gasteiger partial charge in [-0.3, -0.25) is 0 Å². The van der Waals surface area contributed by atoms with E-state index < -0.39 is 6.09 Å². The summed E-state index contributed by atoms with van der Waals surface area (Å²) in [5.74, 6) is 2.41. The summed E-state index contributed by atoms with van der Waals surface area (Å²) >= 11 is 0. The van der Waals surface area contributed by atoms with Gasteiger partial charge in [0.05, 0.1) is 6.61 Å². The summed E-state index contributed by atoms with van der Waals surface area (Å²) in [4.78, 5) is 10.8. The molecule has 0 spiro atoms. The zero-order chi connectivity index (χ0) is 9.40. The Morgan fingerprint density at radius 1 is 1.83 bits per heavy atom. The minimum atomic E-state index is -0.549. The molecule has 0 rings (SSSR count). The van der Waals surface area contributed by atoms with E-state index in [0.29, 0.717) is 6.42 Å². The number of rotatable bonds is 4. The molecule has 0 aromatic heterocycles. The van der Waals surface area contributed by atoms with E-state index in [0.717, 1.165) is 0 Å². The predicted molar refractivity (Wildman–Crippen MR) is 44.5 cm³/mol. The Kier molecular flexibility index (Phi) is 5.84.